The van der Waals surface area contributed by atoms with Crippen LogP contribution in [0.1, 0.15) is 16.1 Å². The number of hydrogen-bond donors (Lipinski definition) is 1. The Bertz CT molecular complexity index is 1010. The molecule has 0 aliphatic carbocycles. The summed E-state index contributed by atoms with van der Waals surface area (Å²) in [6, 6.07) is 13.7. The third-order valence-electron chi connectivity index (χ3n) is 3.72. The van der Waals surface area contributed by atoms with Crippen molar-refractivity contribution in [1.29, 1.82) is 0 Å². The molecular formula is C19H16N4O4S. The average molecular weight is 396 g/mol. The van der Waals surface area contributed by atoms with Gasteiger partial charge in [0.2, 0.25) is 11.0 Å². The van der Waals surface area contributed by atoms with Crippen molar-refractivity contribution in [2.45, 2.75) is 6.42 Å². The lowest BCUT2D eigenvalue weighted by Gasteiger charge is -2.00. The first-order valence-corrected chi connectivity index (χ1v) is 9.04. The second kappa shape index (κ2) is 8.87. The highest BCUT2D eigenvalue weighted by Gasteiger charge is 2.08. The van der Waals surface area contributed by atoms with Crippen molar-refractivity contribution < 1.29 is 14.5 Å². The van der Waals surface area contributed by atoms with Crippen molar-refractivity contribution in [3.05, 3.63) is 80.9 Å². The van der Waals surface area contributed by atoms with E-state index in [0.717, 1.165) is 16.3 Å². The van der Waals surface area contributed by atoms with Gasteiger partial charge in [0.15, 0.2) is 0 Å². The van der Waals surface area contributed by atoms with Gasteiger partial charge in [-0.15, -0.1) is 10.2 Å². The van der Waals surface area contributed by atoms with Gasteiger partial charge in [-0.1, -0.05) is 35.6 Å². The van der Waals surface area contributed by atoms with Crippen LogP contribution in [0.4, 0.5) is 10.8 Å². The van der Waals surface area contributed by atoms with E-state index in [-0.39, 0.29) is 5.69 Å². The van der Waals surface area contributed by atoms with E-state index in [4.69, 9.17) is 4.74 Å². The zero-order valence-electron chi connectivity index (χ0n) is 14.9. The SMILES string of the molecule is COc1ccc(Cc2nnc(NC(=O)/C=C/c3cccc([N+](=O)[O-])c3)s2)cc1. The molecule has 0 radical (unpaired) electrons. The van der Waals surface area contributed by atoms with Crippen LogP contribution in [0.2, 0.25) is 0 Å². The summed E-state index contributed by atoms with van der Waals surface area (Å²) in [6.07, 6.45) is 3.40. The summed E-state index contributed by atoms with van der Waals surface area (Å²) in [5.41, 5.74) is 1.58. The molecule has 1 aromatic heterocycles. The Balaban J connectivity index is 1.58. The van der Waals surface area contributed by atoms with Crippen molar-refractivity contribution in [2.24, 2.45) is 0 Å². The first kappa shape index (κ1) is 19.2. The minimum atomic E-state index is -0.483. The highest BCUT2D eigenvalue weighted by Crippen LogP contribution is 2.20. The van der Waals surface area contributed by atoms with Crippen LogP contribution in [0.15, 0.2) is 54.6 Å². The third-order valence-corrected chi connectivity index (χ3v) is 4.56. The molecule has 3 aromatic rings. The molecule has 1 N–H and O–H groups in total. The molecule has 0 fully saturated rings. The molecule has 0 aliphatic heterocycles. The number of hydrogen-bond acceptors (Lipinski definition) is 7. The van der Waals surface area contributed by atoms with Crippen LogP contribution < -0.4 is 10.1 Å². The maximum atomic E-state index is 12.0. The van der Waals surface area contributed by atoms with Crippen molar-refractivity contribution in [3.8, 4) is 5.75 Å². The molecule has 9 heteroatoms. The van der Waals surface area contributed by atoms with E-state index in [1.165, 1.54) is 35.6 Å². The topological polar surface area (TPSA) is 107 Å². The molecule has 0 spiro atoms. The van der Waals surface area contributed by atoms with Gasteiger partial charge in [-0.2, -0.15) is 0 Å². The zero-order chi connectivity index (χ0) is 19.9. The Labute approximate surface area is 164 Å². The molecule has 28 heavy (non-hydrogen) atoms. The van der Waals surface area contributed by atoms with E-state index in [0.29, 0.717) is 17.1 Å². The van der Waals surface area contributed by atoms with Crippen molar-refractivity contribution >= 4 is 34.1 Å². The lowest BCUT2D eigenvalue weighted by molar-refractivity contribution is -0.384. The van der Waals surface area contributed by atoms with E-state index >= 15 is 0 Å². The van der Waals surface area contributed by atoms with Crippen molar-refractivity contribution in [3.63, 3.8) is 0 Å². The molecule has 2 aromatic carbocycles. The zero-order valence-corrected chi connectivity index (χ0v) is 15.7. The number of benzene rings is 2. The molecule has 0 saturated carbocycles. The second-order valence-corrected chi connectivity index (χ2v) is 6.76. The first-order valence-electron chi connectivity index (χ1n) is 8.22. The summed E-state index contributed by atoms with van der Waals surface area (Å²) in [6.45, 7) is 0. The summed E-state index contributed by atoms with van der Waals surface area (Å²) < 4.78 is 5.13. The van der Waals surface area contributed by atoms with Crippen LogP contribution in [0.25, 0.3) is 6.08 Å². The molecule has 142 valence electrons. The molecule has 0 aliphatic rings. The second-order valence-electron chi connectivity index (χ2n) is 5.70. The Kier molecular flexibility index (Phi) is 6.07. The Morgan fingerprint density at radius 3 is 2.75 bits per heavy atom. The van der Waals surface area contributed by atoms with Gasteiger partial charge in [-0.05, 0) is 29.3 Å². The quantitative estimate of drug-likeness (QED) is 0.371. The van der Waals surface area contributed by atoms with Gasteiger partial charge in [0, 0.05) is 24.6 Å². The molecular weight excluding hydrogens is 380 g/mol. The molecule has 1 amide bonds. The number of nitrogens with zero attached hydrogens (tertiary/aromatic N) is 3. The lowest BCUT2D eigenvalue weighted by atomic mass is 10.1. The number of anilines is 1. The maximum absolute atomic E-state index is 12.0. The first-order chi connectivity index (χ1) is 13.5. The predicted molar refractivity (Wildman–Crippen MR) is 106 cm³/mol. The molecule has 0 unspecified atom stereocenters. The summed E-state index contributed by atoms with van der Waals surface area (Å²) in [7, 11) is 1.61. The lowest BCUT2D eigenvalue weighted by Crippen LogP contribution is -2.07. The maximum Gasteiger partial charge on any atom is 0.270 e. The summed E-state index contributed by atoms with van der Waals surface area (Å²) in [5, 5.41) is 22.6. The number of aromatic nitrogens is 2. The van der Waals surface area contributed by atoms with E-state index < -0.39 is 10.8 Å². The monoisotopic (exact) mass is 396 g/mol. The highest BCUT2D eigenvalue weighted by molar-refractivity contribution is 7.15. The largest absolute Gasteiger partial charge is 0.497 e. The Morgan fingerprint density at radius 2 is 2.04 bits per heavy atom. The Hall–Kier alpha value is -3.59. The smallest absolute Gasteiger partial charge is 0.270 e. The van der Waals surface area contributed by atoms with E-state index in [1.54, 1.807) is 19.2 Å². The fraction of sp³-hybridized carbons (Fsp3) is 0.105. The number of carbonyl (C=O) groups is 1. The van der Waals surface area contributed by atoms with Crippen molar-refractivity contribution in [2.75, 3.05) is 12.4 Å². The minimum absolute atomic E-state index is 0.0325. The summed E-state index contributed by atoms with van der Waals surface area (Å²) in [5.74, 6) is 0.392. The van der Waals surface area contributed by atoms with Crippen molar-refractivity contribution in [1.82, 2.24) is 10.2 Å². The van der Waals surface area contributed by atoms with E-state index in [2.05, 4.69) is 15.5 Å². The predicted octanol–water partition coefficient (Wildman–Crippen LogP) is 3.70. The van der Waals surface area contributed by atoms with Crippen LogP contribution in [-0.2, 0) is 11.2 Å². The number of non-ortho nitro benzene ring substituents is 1. The van der Waals surface area contributed by atoms with Crippen LogP contribution in [0.5, 0.6) is 5.75 Å². The molecule has 8 nitrogen and oxygen atoms in total. The number of nitro benzene ring substituents is 1. The number of ether oxygens (including phenoxy) is 1. The average Bonchev–Trinajstić information content (AvgIpc) is 3.14. The normalized spacial score (nSPS) is 10.8. The van der Waals surface area contributed by atoms with Gasteiger partial charge in [-0.3, -0.25) is 20.2 Å². The fourth-order valence-corrected chi connectivity index (χ4v) is 3.13. The number of amides is 1. The van der Waals surface area contributed by atoms with Gasteiger partial charge in [0.05, 0.1) is 12.0 Å². The number of methoxy groups -OCH3 is 1. The van der Waals surface area contributed by atoms with E-state index in [1.807, 2.05) is 24.3 Å². The molecule has 0 bridgehead atoms. The van der Waals surface area contributed by atoms with Gasteiger partial charge in [0.25, 0.3) is 5.69 Å². The molecule has 0 saturated heterocycles. The van der Waals surface area contributed by atoms with Crippen LogP contribution in [0, 0.1) is 10.1 Å². The highest BCUT2D eigenvalue weighted by atomic mass is 32.1. The number of rotatable bonds is 7. The van der Waals surface area contributed by atoms with Gasteiger partial charge in [-0.25, -0.2) is 0 Å². The van der Waals surface area contributed by atoms with Gasteiger partial charge in [0.1, 0.15) is 10.8 Å². The van der Waals surface area contributed by atoms with Crippen LogP contribution in [0.3, 0.4) is 0 Å². The Morgan fingerprint density at radius 1 is 1.25 bits per heavy atom. The standard InChI is InChI=1S/C19H16N4O4S/c1-27-16-8-5-14(6-9-16)12-18-21-22-19(28-18)20-17(24)10-7-13-3-2-4-15(11-13)23(25)26/h2-11H,12H2,1H3,(H,20,22,24)/b10-7+. The fourth-order valence-electron chi connectivity index (χ4n) is 2.35. The molecule has 0 atom stereocenters. The molecule has 1 heterocycles. The van der Waals surface area contributed by atoms with E-state index in [9.17, 15) is 14.9 Å². The van der Waals surface area contributed by atoms with Crippen LogP contribution in [-0.4, -0.2) is 28.1 Å². The number of nitrogens with one attached hydrogen (secondary N) is 1. The number of nitro groups is 1. The summed E-state index contributed by atoms with van der Waals surface area (Å²) >= 11 is 1.29. The number of carbonyl (C=O) groups excluding carboxylic acids is 1. The third kappa shape index (κ3) is 5.21. The van der Waals surface area contributed by atoms with Gasteiger partial charge >= 0.3 is 0 Å². The molecule has 3 rings (SSSR count). The summed E-state index contributed by atoms with van der Waals surface area (Å²) in [4.78, 5) is 22.3. The minimum Gasteiger partial charge on any atom is -0.497 e. The van der Waals surface area contributed by atoms with Gasteiger partial charge < -0.3 is 4.74 Å². The van der Waals surface area contributed by atoms with Crippen LogP contribution >= 0.6 is 11.3 Å².